The van der Waals surface area contributed by atoms with Crippen molar-refractivity contribution in [1.29, 1.82) is 0 Å². The highest BCUT2D eigenvalue weighted by Crippen LogP contribution is 2.27. The van der Waals surface area contributed by atoms with Gasteiger partial charge in [0.05, 0.1) is 25.7 Å². The molecule has 0 saturated carbocycles. The normalized spacial score (nSPS) is 18.5. The molecular weight excluding hydrogens is 350 g/mol. The van der Waals surface area contributed by atoms with Crippen LogP contribution in [0.4, 0.5) is 0 Å². The monoisotopic (exact) mass is 377 g/mol. The molecule has 0 bridgehead atoms. The van der Waals surface area contributed by atoms with Gasteiger partial charge in [-0.2, -0.15) is 5.10 Å². The summed E-state index contributed by atoms with van der Waals surface area (Å²) in [5.74, 6) is 1.33. The minimum atomic E-state index is -0.0494. The van der Waals surface area contributed by atoms with Crippen molar-refractivity contribution < 1.29 is 14.3 Å². The number of amidine groups is 1. The largest absolute Gasteiger partial charge is 0.493 e. The smallest absolute Gasteiger partial charge is 0.239 e. The van der Waals surface area contributed by atoms with Crippen molar-refractivity contribution in [2.45, 2.75) is 50.7 Å². The second kappa shape index (κ2) is 10.9. The zero-order valence-electron chi connectivity index (χ0n) is 15.7. The van der Waals surface area contributed by atoms with Gasteiger partial charge in [-0.25, -0.2) is 0 Å². The van der Waals surface area contributed by atoms with Crippen LogP contribution >= 0.6 is 11.8 Å². The molecule has 0 aromatic heterocycles. The number of hydrogen-bond donors (Lipinski definition) is 1. The maximum Gasteiger partial charge on any atom is 0.239 e. The summed E-state index contributed by atoms with van der Waals surface area (Å²) in [4.78, 5) is 12.0. The van der Waals surface area contributed by atoms with Crippen molar-refractivity contribution in [3.8, 4) is 11.5 Å². The Hall–Kier alpha value is -2.02. The van der Waals surface area contributed by atoms with E-state index in [0.29, 0.717) is 16.7 Å². The van der Waals surface area contributed by atoms with Crippen LogP contribution in [0.15, 0.2) is 28.4 Å². The van der Waals surface area contributed by atoms with Crippen LogP contribution in [-0.4, -0.2) is 36.8 Å². The van der Waals surface area contributed by atoms with Gasteiger partial charge in [-0.05, 0) is 30.2 Å². The molecule has 6 nitrogen and oxygen atoms in total. The second-order valence-electron chi connectivity index (χ2n) is 6.06. The molecule has 1 aromatic carbocycles. The Morgan fingerprint density at radius 1 is 1.15 bits per heavy atom. The topological polar surface area (TPSA) is 72.3 Å². The highest BCUT2D eigenvalue weighted by atomic mass is 32.2. The number of ether oxygens (including phenoxy) is 2. The van der Waals surface area contributed by atoms with Gasteiger partial charge < -0.3 is 14.8 Å². The Morgan fingerprint density at radius 2 is 1.92 bits per heavy atom. The SMILES string of the molecule is CCCCCCC[C@@H]1S/C(=N/N=C\c2ccc(OC)c(OC)c2)NC1=O. The number of carbonyl (C=O) groups is 1. The highest BCUT2D eigenvalue weighted by molar-refractivity contribution is 8.15. The molecule has 1 heterocycles. The molecule has 0 aliphatic carbocycles. The van der Waals surface area contributed by atoms with Gasteiger partial charge >= 0.3 is 0 Å². The molecule has 2 rings (SSSR count). The van der Waals surface area contributed by atoms with Crippen molar-refractivity contribution in [3.05, 3.63) is 23.8 Å². The molecule has 1 atom stereocenters. The van der Waals surface area contributed by atoms with E-state index in [0.717, 1.165) is 18.4 Å². The summed E-state index contributed by atoms with van der Waals surface area (Å²) in [6.07, 6.45) is 8.51. The Balaban J connectivity index is 1.86. The Labute approximate surface area is 159 Å². The average Bonchev–Trinajstić information content (AvgIpc) is 3.01. The van der Waals surface area contributed by atoms with Crippen molar-refractivity contribution in [3.63, 3.8) is 0 Å². The zero-order chi connectivity index (χ0) is 18.8. The fourth-order valence-electron chi connectivity index (χ4n) is 2.66. The fraction of sp³-hybridized carbons (Fsp3) is 0.526. The maximum atomic E-state index is 12.0. The Kier molecular flexibility index (Phi) is 8.47. The third-order valence-electron chi connectivity index (χ3n) is 4.11. The van der Waals surface area contributed by atoms with Gasteiger partial charge in [0.15, 0.2) is 16.7 Å². The highest BCUT2D eigenvalue weighted by Gasteiger charge is 2.29. The van der Waals surface area contributed by atoms with Crippen LogP contribution in [-0.2, 0) is 4.79 Å². The summed E-state index contributed by atoms with van der Waals surface area (Å²) in [6, 6.07) is 5.50. The first-order chi connectivity index (χ1) is 12.7. The molecule has 26 heavy (non-hydrogen) atoms. The first-order valence-corrected chi connectivity index (χ1v) is 9.86. The molecule has 1 amide bonds. The lowest BCUT2D eigenvalue weighted by Crippen LogP contribution is -2.24. The van der Waals surface area contributed by atoms with Gasteiger partial charge in [0.2, 0.25) is 5.91 Å². The van der Waals surface area contributed by atoms with Crippen LogP contribution in [0.3, 0.4) is 0 Å². The molecule has 142 valence electrons. The number of unbranched alkanes of at least 4 members (excludes halogenated alkanes) is 4. The minimum Gasteiger partial charge on any atom is -0.493 e. The minimum absolute atomic E-state index is 0.0329. The van der Waals surface area contributed by atoms with E-state index in [4.69, 9.17) is 9.47 Å². The fourth-order valence-corrected chi connectivity index (χ4v) is 3.63. The predicted molar refractivity (Wildman–Crippen MR) is 107 cm³/mol. The second-order valence-corrected chi connectivity index (χ2v) is 7.25. The van der Waals surface area contributed by atoms with E-state index in [-0.39, 0.29) is 11.2 Å². The van der Waals surface area contributed by atoms with E-state index in [1.54, 1.807) is 20.4 Å². The summed E-state index contributed by atoms with van der Waals surface area (Å²) in [6.45, 7) is 2.20. The molecule has 1 N–H and O–H groups in total. The number of amides is 1. The van der Waals surface area contributed by atoms with Crippen LogP contribution in [0.2, 0.25) is 0 Å². The summed E-state index contributed by atoms with van der Waals surface area (Å²) in [7, 11) is 3.18. The van der Waals surface area contributed by atoms with Gasteiger partial charge in [0, 0.05) is 0 Å². The number of nitrogens with one attached hydrogen (secondary N) is 1. The number of methoxy groups -OCH3 is 2. The lowest BCUT2D eigenvalue weighted by molar-refractivity contribution is -0.118. The first-order valence-electron chi connectivity index (χ1n) is 8.98. The van der Waals surface area contributed by atoms with E-state index < -0.39 is 0 Å². The number of nitrogens with zero attached hydrogens (tertiary/aromatic N) is 2. The van der Waals surface area contributed by atoms with Crippen LogP contribution in [0.5, 0.6) is 11.5 Å². The molecule has 0 unspecified atom stereocenters. The van der Waals surface area contributed by atoms with E-state index in [1.807, 2.05) is 18.2 Å². The average molecular weight is 378 g/mol. The molecule has 0 radical (unpaired) electrons. The van der Waals surface area contributed by atoms with Crippen LogP contribution in [0.1, 0.15) is 51.0 Å². The van der Waals surface area contributed by atoms with Gasteiger partial charge in [-0.1, -0.05) is 50.8 Å². The van der Waals surface area contributed by atoms with Crippen molar-refractivity contribution in [2.75, 3.05) is 14.2 Å². The number of hydrogen-bond acceptors (Lipinski definition) is 6. The Morgan fingerprint density at radius 3 is 2.65 bits per heavy atom. The molecular formula is C19H27N3O3S. The number of benzene rings is 1. The van der Waals surface area contributed by atoms with Gasteiger partial charge in [-0.15, -0.1) is 5.10 Å². The van der Waals surface area contributed by atoms with E-state index in [9.17, 15) is 4.79 Å². The number of rotatable bonds is 10. The lowest BCUT2D eigenvalue weighted by atomic mass is 10.1. The summed E-state index contributed by atoms with van der Waals surface area (Å²) < 4.78 is 10.5. The van der Waals surface area contributed by atoms with E-state index in [2.05, 4.69) is 22.4 Å². The van der Waals surface area contributed by atoms with Gasteiger partial charge in [0.25, 0.3) is 0 Å². The molecule has 1 saturated heterocycles. The lowest BCUT2D eigenvalue weighted by Gasteiger charge is -2.07. The van der Waals surface area contributed by atoms with Crippen LogP contribution in [0, 0.1) is 0 Å². The maximum absolute atomic E-state index is 12.0. The molecule has 1 fully saturated rings. The zero-order valence-corrected chi connectivity index (χ0v) is 16.5. The van der Waals surface area contributed by atoms with Crippen LogP contribution in [0.25, 0.3) is 0 Å². The van der Waals surface area contributed by atoms with E-state index >= 15 is 0 Å². The van der Waals surface area contributed by atoms with Gasteiger partial charge in [0.1, 0.15) is 0 Å². The molecule has 1 aliphatic heterocycles. The van der Waals surface area contributed by atoms with Crippen molar-refractivity contribution in [1.82, 2.24) is 5.32 Å². The third-order valence-corrected chi connectivity index (χ3v) is 5.25. The number of thioether (sulfide) groups is 1. The first kappa shape index (κ1) is 20.3. The van der Waals surface area contributed by atoms with E-state index in [1.165, 1.54) is 37.4 Å². The quantitative estimate of drug-likeness (QED) is 0.380. The standard InChI is InChI=1S/C19H27N3O3S/c1-4-5-6-7-8-9-17-18(23)21-19(26-17)22-20-13-14-10-11-15(24-2)16(12-14)25-3/h10-13,17H,4-9H2,1-3H3,(H,21,22,23)/b20-13-/t17-/m0/s1. The molecule has 7 heteroatoms. The molecule has 1 aliphatic rings. The third kappa shape index (κ3) is 6.05. The summed E-state index contributed by atoms with van der Waals surface area (Å²) >= 11 is 1.46. The molecule has 1 aromatic rings. The molecule has 0 spiro atoms. The summed E-state index contributed by atoms with van der Waals surface area (Å²) in [5, 5.41) is 11.5. The number of carbonyl (C=O) groups excluding carboxylic acids is 1. The van der Waals surface area contributed by atoms with Crippen molar-refractivity contribution in [2.24, 2.45) is 10.2 Å². The summed E-state index contributed by atoms with van der Waals surface area (Å²) in [5.41, 5.74) is 0.841. The van der Waals surface area contributed by atoms with Crippen molar-refractivity contribution >= 4 is 29.1 Å². The Bertz CT molecular complexity index is 661. The van der Waals surface area contributed by atoms with Crippen LogP contribution < -0.4 is 14.8 Å². The predicted octanol–water partition coefficient (Wildman–Crippen LogP) is 3.99. The van der Waals surface area contributed by atoms with Gasteiger partial charge in [-0.3, -0.25) is 4.79 Å².